The number of hydrogen-bond acceptors (Lipinski definition) is 5. The first kappa shape index (κ1) is 21.5. The maximum Gasteiger partial charge on any atom is 0.179 e. The van der Waals surface area contributed by atoms with Gasteiger partial charge in [0, 0.05) is 17.8 Å². The monoisotopic (exact) mass is 452 g/mol. The number of nitrogens with one attached hydrogen (secondary N) is 1. The molecule has 4 nitrogen and oxygen atoms in total. The molecule has 0 fully saturated rings. The van der Waals surface area contributed by atoms with Gasteiger partial charge in [0.15, 0.2) is 11.5 Å². The number of aromatic nitrogens is 1. The summed E-state index contributed by atoms with van der Waals surface area (Å²) in [7, 11) is 1.63. The zero-order valence-electron chi connectivity index (χ0n) is 17.9. The van der Waals surface area contributed by atoms with Crippen molar-refractivity contribution >= 4 is 38.8 Å². The van der Waals surface area contributed by atoms with E-state index in [9.17, 15) is 0 Å². The van der Waals surface area contributed by atoms with E-state index in [2.05, 4.69) is 61.6 Å². The minimum absolute atomic E-state index is 0.561. The van der Waals surface area contributed by atoms with Crippen LogP contribution in [0.5, 0.6) is 11.5 Å². The van der Waals surface area contributed by atoms with Crippen molar-refractivity contribution in [1.82, 2.24) is 4.98 Å². The van der Waals surface area contributed by atoms with Crippen LogP contribution in [-0.2, 0) is 6.54 Å². The van der Waals surface area contributed by atoms with Crippen LogP contribution < -0.4 is 14.8 Å². The lowest BCUT2D eigenvalue weighted by atomic mass is 10.1. The predicted molar refractivity (Wildman–Crippen MR) is 131 cm³/mol. The number of thiazole rings is 1. The highest BCUT2D eigenvalue weighted by molar-refractivity contribution is 7.21. The number of halogens is 1. The van der Waals surface area contributed by atoms with Gasteiger partial charge in [-0.25, -0.2) is 4.98 Å². The third-order valence-corrected chi connectivity index (χ3v) is 6.26. The molecule has 31 heavy (non-hydrogen) atoms. The van der Waals surface area contributed by atoms with Gasteiger partial charge < -0.3 is 14.8 Å². The van der Waals surface area contributed by atoms with E-state index < -0.39 is 0 Å². The molecule has 6 heteroatoms. The van der Waals surface area contributed by atoms with Crippen LogP contribution in [0.15, 0.2) is 54.6 Å². The van der Waals surface area contributed by atoms with Crippen LogP contribution in [0.3, 0.4) is 0 Å². The third-order valence-electron chi connectivity index (χ3n) is 4.91. The molecule has 0 saturated carbocycles. The van der Waals surface area contributed by atoms with Crippen molar-refractivity contribution < 1.29 is 9.47 Å². The Morgan fingerprint density at radius 2 is 1.87 bits per heavy atom. The minimum atomic E-state index is 0.561. The van der Waals surface area contributed by atoms with Crippen LogP contribution in [0.2, 0.25) is 5.02 Å². The summed E-state index contributed by atoms with van der Waals surface area (Å²) in [5.74, 6) is 1.25. The SMILES string of the molecule is CCCOc1c(Cl)cc(CNc2ccc(-c3nc4ccc(C)cc4s3)cc2)cc1OC. The van der Waals surface area contributed by atoms with Gasteiger partial charge in [-0.15, -0.1) is 11.3 Å². The van der Waals surface area contributed by atoms with Gasteiger partial charge in [0.05, 0.1) is 29.0 Å². The highest BCUT2D eigenvalue weighted by Gasteiger charge is 2.12. The summed E-state index contributed by atoms with van der Waals surface area (Å²) in [6, 6.07) is 18.6. The minimum Gasteiger partial charge on any atom is -0.493 e. The van der Waals surface area contributed by atoms with E-state index in [1.54, 1.807) is 18.4 Å². The smallest absolute Gasteiger partial charge is 0.179 e. The molecule has 0 aliphatic carbocycles. The molecule has 1 N–H and O–H groups in total. The number of aryl methyl sites for hydroxylation is 1. The standard InChI is InChI=1S/C25H25ClN2O2S/c1-4-11-30-24-20(26)13-17(14-22(24)29-3)15-27-19-8-6-18(7-9-19)25-28-21-10-5-16(2)12-23(21)31-25/h5-10,12-14,27H,4,11,15H2,1-3H3. The maximum atomic E-state index is 6.42. The average Bonchev–Trinajstić information content (AvgIpc) is 3.20. The molecule has 0 aliphatic rings. The molecule has 0 atom stereocenters. The van der Waals surface area contributed by atoms with Crippen LogP contribution >= 0.6 is 22.9 Å². The van der Waals surface area contributed by atoms with Gasteiger partial charge >= 0.3 is 0 Å². The fraction of sp³-hybridized carbons (Fsp3) is 0.240. The molecule has 4 aromatic rings. The molecular formula is C25H25ClN2O2S. The van der Waals surface area contributed by atoms with Crippen molar-refractivity contribution in [3.8, 4) is 22.1 Å². The Labute approximate surface area is 191 Å². The molecule has 0 amide bonds. The van der Waals surface area contributed by atoms with Gasteiger partial charge in [-0.1, -0.05) is 24.6 Å². The molecule has 1 heterocycles. The Morgan fingerprint density at radius 3 is 2.61 bits per heavy atom. The van der Waals surface area contributed by atoms with Crippen LogP contribution in [-0.4, -0.2) is 18.7 Å². The Bertz CT molecular complexity index is 1190. The van der Waals surface area contributed by atoms with E-state index in [0.29, 0.717) is 29.7 Å². The summed E-state index contributed by atoms with van der Waals surface area (Å²) in [4.78, 5) is 4.76. The van der Waals surface area contributed by atoms with Gasteiger partial charge in [0.1, 0.15) is 5.01 Å². The zero-order valence-corrected chi connectivity index (χ0v) is 19.4. The molecule has 0 aliphatic heterocycles. The molecule has 0 bridgehead atoms. The fourth-order valence-electron chi connectivity index (χ4n) is 3.31. The number of nitrogens with zero attached hydrogens (tertiary/aromatic N) is 1. The van der Waals surface area contributed by atoms with Crippen molar-refractivity contribution in [2.45, 2.75) is 26.8 Å². The van der Waals surface area contributed by atoms with Crippen molar-refractivity contribution in [2.24, 2.45) is 0 Å². The van der Waals surface area contributed by atoms with Crippen LogP contribution in [0, 0.1) is 6.92 Å². The van der Waals surface area contributed by atoms with Gasteiger partial charge in [-0.05, 0) is 73.0 Å². The number of benzene rings is 3. The summed E-state index contributed by atoms with van der Waals surface area (Å²) in [6.45, 7) is 5.40. The molecule has 3 aromatic carbocycles. The largest absolute Gasteiger partial charge is 0.493 e. The van der Waals surface area contributed by atoms with E-state index in [1.807, 2.05) is 12.1 Å². The first-order valence-corrected chi connectivity index (χ1v) is 11.5. The Balaban J connectivity index is 1.46. The number of ether oxygens (including phenoxy) is 2. The van der Waals surface area contributed by atoms with Crippen molar-refractivity contribution in [1.29, 1.82) is 0 Å². The van der Waals surface area contributed by atoms with E-state index in [4.69, 9.17) is 26.1 Å². The van der Waals surface area contributed by atoms with Gasteiger partial charge in [0.25, 0.3) is 0 Å². The van der Waals surface area contributed by atoms with E-state index in [-0.39, 0.29) is 0 Å². The van der Waals surface area contributed by atoms with Gasteiger partial charge in [0.2, 0.25) is 0 Å². The summed E-state index contributed by atoms with van der Waals surface area (Å²) in [5, 5.41) is 5.04. The number of rotatable bonds is 8. The zero-order chi connectivity index (χ0) is 21.8. The van der Waals surface area contributed by atoms with Crippen molar-refractivity contribution in [2.75, 3.05) is 19.0 Å². The van der Waals surface area contributed by atoms with Crippen molar-refractivity contribution in [3.05, 3.63) is 70.7 Å². The molecule has 0 spiro atoms. The lowest BCUT2D eigenvalue weighted by Gasteiger charge is -2.14. The fourth-order valence-corrected chi connectivity index (χ4v) is 4.67. The molecule has 4 rings (SSSR count). The van der Waals surface area contributed by atoms with Gasteiger partial charge in [-0.2, -0.15) is 0 Å². The first-order valence-electron chi connectivity index (χ1n) is 10.3. The number of methoxy groups -OCH3 is 1. The Kier molecular flexibility index (Phi) is 6.64. The van der Waals surface area contributed by atoms with E-state index in [1.165, 1.54) is 10.3 Å². The number of hydrogen-bond donors (Lipinski definition) is 1. The van der Waals surface area contributed by atoms with E-state index >= 15 is 0 Å². The highest BCUT2D eigenvalue weighted by Crippen LogP contribution is 2.37. The molecule has 160 valence electrons. The first-order chi connectivity index (χ1) is 15.1. The second kappa shape index (κ2) is 9.58. The summed E-state index contributed by atoms with van der Waals surface area (Å²) < 4.78 is 12.4. The highest BCUT2D eigenvalue weighted by atomic mass is 35.5. The second-order valence-electron chi connectivity index (χ2n) is 7.38. The summed E-state index contributed by atoms with van der Waals surface area (Å²) >= 11 is 8.15. The average molecular weight is 453 g/mol. The normalized spacial score (nSPS) is 11.0. The van der Waals surface area contributed by atoms with E-state index in [0.717, 1.165) is 33.8 Å². The molecular weight excluding hydrogens is 428 g/mol. The molecule has 0 unspecified atom stereocenters. The van der Waals surface area contributed by atoms with Crippen LogP contribution in [0.1, 0.15) is 24.5 Å². The number of fused-ring (bicyclic) bond motifs is 1. The maximum absolute atomic E-state index is 6.42. The van der Waals surface area contributed by atoms with Crippen LogP contribution in [0.4, 0.5) is 5.69 Å². The Hall–Kier alpha value is -2.76. The van der Waals surface area contributed by atoms with Gasteiger partial charge in [-0.3, -0.25) is 0 Å². The summed E-state index contributed by atoms with van der Waals surface area (Å²) in [6.07, 6.45) is 0.912. The Morgan fingerprint density at radius 1 is 1.06 bits per heavy atom. The summed E-state index contributed by atoms with van der Waals surface area (Å²) in [5.41, 5.74) is 5.47. The second-order valence-corrected chi connectivity index (χ2v) is 8.82. The number of anilines is 1. The molecule has 0 radical (unpaired) electrons. The lowest BCUT2D eigenvalue weighted by molar-refractivity contribution is 0.294. The molecule has 1 aromatic heterocycles. The predicted octanol–water partition coefficient (Wildman–Crippen LogP) is 7.33. The lowest BCUT2D eigenvalue weighted by Crippen LogP contribution is -2.03. The van der Waals surface area contributed by atoms with Crippen LogP contribution in [0.25, 0.3) is 20.8 Å². The van der Waals surface area contributed by atoms with Crippen molar-refractivity contribution in [3.63, 3.8) is 0 Å². The third kappa shape index (κ3) is 4.94. The quantitative estimate of drug-likeness (QED) is 0.304. The molecule has 0 saturated heterocycles. The topological polar surface area (TPSA) is 43.4 Å².